The van der Waals surface area contributed by atoms with E-state index in [2.05, 4.69) is 13.8 Å². The van der Waals surface area contributed by atoms with Gasteiger partial charge in [0.25, 0.3) is 0 Å². The molecule has 112 valence electrons. The molecule has 20 heavy (non-hydrogen) atoms. The van der Waals surface area contributed by atoms with Gasteiger partial charge in [0.05, 0.1) is 0 Å². The molecule has 0 heterocycles. The predicted octanol–water partition coefficient (Wildman–Crippen LogP) is 5.67. The highest BCUT2D eigenvalue weighted by atomic mass is 14.7. The van der Waals surface area contributed by atoms with Gasteiger partial charge in [-0.05, 0) is 104 Å². The summed E-state index contributed by atoms with van der Waals surface area (Å²) < 4.78 is 0. The first-order chi connectivity index (χ1) is 9.63. The standard InChI is InChI=1S/C20H32/c1-19-10-3-4-16(19)15-8-7-14-6-5-13-12-18(13)20(14,2)17(15)9-11-19/h13-18H,3-12H2,1-2H3/t13-,14+,15-,16-,17-,18?,19-,20-/m0/s1. The largest absolute Gasteiger partial charge is 0.0594 e. The average molecular weight is 272 g/mol. The summed E-state index contributed by atoms with van der Waals surface area (Å²) in [5.74, 6) is 6.77. The smallest absolute Gasteiger partial charge is 0.0235 e. The van der Waals surface area contributed by atoms with Crippen molar-refractivity contribution in [1.29, 1.82) is 0 Å². The van der Waals surface area contributed by atoms with E-state index in [-0.39, 0.29) is 0 Å². The van der Waals surface area contributed by atoms with Gasteiger partial charge in [-0.15, -0.1) is 0 Å². The Morgan fingerprint density at radius 3 is 2.50 bits per heavy atom. The molecule has 5 rings (SSSR count). The Morgan fingerprint density at radius 1 is 0.750 bits per heavy atom. The molecule has 0 aromatic heterocycles. The van der Waals surface area contributed by atoms with E-state index in [0.717, 1.165) is 46.3 Å². The molecule has 1 unspecified atom stereocenters. The summed E-state index contributed by atoms with van der Waals surface area (Å²) >= 11 is 0. The Hall–Kier alpha value is 0. The normalized spacial score (nSPS) is 63.9. The van der Waals surface area contributed by atoms with Crippen molar-refractivity contribution in [1.82, 2.24) is 0 Å². The molecule has 0 aliphatic heterocycles. The molecule has 0 aromatic rings. The Kier molecular flexibility index (Phi) is 2.41. The fourth-order valence-corrected chi connectivity index (χ4v) is 8.24. The molecule has 0 radical (unpaired) electrons. The van der Waals surface area contributed by atoms with Gasteiger partial charge in [-0.25, -0.2) is 0 Å². The van der Waals surface area contributed by atoms with Gasteiger partial charge in [-0.3, -0.25) is 0 Å². The summed E-state index contributed by atoms with van der Waals surface area (Å²) in [6.07, 6.45) is 15.8. The Balaban J connectivity index is 1.51. The van der Waals surface area contributed by atoms with Gasteiger partial charge in [0, 0.05) is 0 Å². The zero-order valence-corrected chi connectivity index (χ0v) is 13.5. The second-order valence-electron chi connectivity index (χ2n) is 9.78. The van der Waals surface area contributed by atoms with Crippen molar-refractivity contribution in [3.05, 3.63) is 0 Å². The van der Waals surface area contributed by atoms with Crippen LogP contribution in [0.3, 0.4) is 0 Å². The Bertz CT molecular complexity index is 426. The van der Waals surface area contributed by atoms with E-state index in [1.165, 1.54) is 6.42 Å². The third kappa shape index (κ3) is 1.40. The molecule has 5 fully saturated rings. The van der Waals surface area contributed by atoms with Crippen LogP contribution in [0.15, 0.2) is 0 Å². The highest BCUT2D eigenvalue weighted by Crippen LogP contribution is 2.72. The number of hydrogen-bond acceptors (Lipinski definition) is 0. The van der Waals surface area contributed by atoms with Gasteiger partial charge >= 0.3 is 0 Å². The van der Waals surface area contributed by atoms with Crippen LogP contribution in [0.2, 0.25) is 0 Å². The zero-order valence-electron chi connectivity index (χ0n) is 13.5. The molecule has 0 saturated heterocycles. The van der Waals surface area contributed by atoms with E-state index < -0.39 is 0 Å². The minimum Gasteiger partial charge on any atom is -0.0594 e. The minimum atomic E-state index is 0.752. The van der Waals surface area contributed by atoms with Gasteiger partial charge in [0.2, 0.25) is 0 Å². The summed E-state index contributed by atoms with van der Waals surface area (Å²) in [4.78, 5) is 0. The minimum absolute atomic E-state index is 0.752. The van der Waals surface area contributed by atoms with Crippen LogP contribution < -0.4 is 0 Å². The number of hydrogen-bond donors (Lipinski definition) is 0. The van der Waals surface area contributed by atoms with Crippen molar-refractivity contribution >= 4 is 0 Å². The monoisotopic (exact) mass is 272 g/mol. The first-order valence-corrected chi connectivity index (χ1v) is 9.63. The number of fused-ring (bicyclic) bond motifs is 7. The molecular weight excluding hydrogens is 240 g/mol. The van der Waals surface area contributed by atoms with Crippen LogP contribution in [0.25, 0.3) is 0 Å². The van der Waals surface area contributed by atoms with Crippen molar-refractivity contribution in [2.24, 2.45) is 46.3 Å². The van der Waals surface area contributed by atoms with E-state index in [4.69, 9.17) is 0 Å². The van der Waals surface area contributed by atoms with Crippen LogP contribution in [0.4, 0.5) is 0 Å². The third-order valence-corrected chi connectivity index (χ3v) is 9.35. The highest BCUT2D eigenvalue weighted by Gasteiger charge is 2.64. The van der Waals surface area contributed by atoms with E-state index in [1.807, 2.05) is 0 Å². The molecule has 0 spiro atoms. The molecule has 0 amide bonds. The summed E-state index contributed by atoms with van der Waals surface area (Å²) in [6, 6.07) is 0. The van der Waals surface area contributed by atoms with E-state index in [9.17, 15) is 0 Å². The second kappa shape index (κ2) is 3.85. The Labute approximate surface area is 125 Å². The fraction of sp³-hybridized carbons (Fsp3) is 1.00. The van der Waals surface area contributed by atoms with Crippen LogP contribution in [-0.4, -0.2) is 0 Å². The maximum absolute atomic E-state index is 2.76. The molecule has 0 bridgehead atoms. The van der Waals surface area contributed by atoms with Crippen LogP contribution in [0, 0.1) is 46.3 Å². The summed E-state index contributed by atoms with van der Waals surface area (Å²) in [6.45, 7) is 5.41. The summed E-state index contributed by atoms with van der Waals surface area (Å²) in [7, 11) is 0. The Morgan fingerprint density at radius 2 is 1.60 bits per heavy atom. The predicted molar refractivity (Wildman–Crippen MR) is 83.3 cm³/mol. The van der Waals surface area contributed by atoms with Crippen molar-refractivity contribution in [2.75, 3.05) is 0 Å². The second-order valence-corrected chi connectivity index (χ2v) is 9.78. The summed E-state index contributed by atoms with van der Waals surface area (Å²) in [5.41, 5.74) is 1.53. The molecule has 0 N–H and O–H groups in total. The van der Waals surface area contributed by atoms with Crippen LogP contribution in [0.5, 0.6) is 0 Å². The molecule has 0 aromatic carbocycles. The molecular formula is C20H32. The van der Waals surface area contributed by atoms with E-state index in [1.54, 1.807) is 57.8 Å². The average Bonchev–Trinajstić information content (AvgIpc) is 3.13. The first-order valence-electron chi connectivity index (χ1n) is 9.63. The highest BCUT2D eigenvalue weighted by molar-refractivity contribution is 5.13. The van der Waals surface area contributed by atoms with E-state index >= 15 is 0 Å². The quantitative estimate of drug-likeness (QED) is 0.533. The van der Waals surface area contributed by atoms with Crippen molar-refractivity contribution < 1.29 is 0 Å². The maximum atomic E-state index is 2.76. The lowest BCUT2D eigenvalue weighted by Gasteiger charge is -2.60. The van der Waals surface area contributed by atoms with Gasteiger partial charge in [-0.1, -0.05) is 20.3 Å². The molecule has 8 atom stereocenters. The first kappa shape index (κ1) is 12.5. The van der Waals surface area contributed by atoms with Gasteiger partial charge in [0.15, 0.2) is 0 Å². The molecule has 5 aliphatic carbocycles. The lowest BCUT2D eigenvalue weighted by atomic mass is 9.45. The fourth-order valence-electron chi connectivity index (χ4n) is 8.24. The van der Waals surface area contributed by atoms with Crippen LogP contribution in [0.1, 0.15) is 78.1 Å². The number of rotatable bonds is 0. The lowest BCUT2D eigenvalue weighted by Crippen LogP contribution is -2.53. The lowest BCUT2D eigenvalue weighted by molar-refractivity contribution is -0.111. The molecule has 0 heteroatoms. The topological polar surface area (TPSA) is 0 Å². The molecule has 5 saturated carbocycles. The third-order valence-electron chi connectivity index (χ3n) is 9.35. The van der Waals surface area contributed by atoms with Crippen LogP contribution >= 0.6 is 0 Å². The maximum Gasteiger partial charge on any atom is -0.0235 e. The zero-order chi connectivity index (χ0) is 13.5. The van der Waals surface area contributed by atoms with Crippen molar-refractivity contribution in [2.45, 2.75) is 78.1 Å². The molecule has 0 nitrogen and oxygen atoms in total. The van der Waals surface area contributed by atoms with Crippen molar-refractivity contribution in [3.63, 3.8) is 0 Å². The molecule has 5 aliphatic rings. The van der Waals surface area contributed by atoms with Gasteiger partial charge in [-0.2, -0.15) is 0 Å². The SMILES string of the molecule is C[C@@]12CCC[C@H]1[C@@H]1CC[C@H]3CC[C@H]4CC4[C@]3(C)[C@H]1CC2. The van der Waals surface area contributed by atoms with Gasteiger partial charge < -0.3 is 0 Å². The van der Waals surface area contributed by atoms with Gasteiger partial charge in [0.1, 0.15) is 0 Å². The van der Waals surface area contributed by atoms with Crippen molar-refractivity contribution in [3.8, 4) is 0 Å². The van der Waals surface area contributed by atoms with E-state index in [0.29, 0.717) is 0 Å². The van der Waals surface area contributed by atoms with Crippen LogP contribution in [-0.2, 0) is 0 Å². The summed E-state index contributed by atoms with van der Waals surface area (Å²) in [5, 5.41) is 0.